The quantitative estimate of drug-likeness (QED) is 0.866. The van der Waals surface area contributed by atoms with Crippen LogP contribution >= 0.6 is 0 Å². The second-order valence-electron chi connectivity index (χ2n) is 5.31. The topological polar surface area (TPSA) is 70.1 Å². The fourth-order valence-electron chi connectivity index (χ4n) is 2.46. The van der Waals surface area contributed by atoms with Gasteiger partial charge in [0.05, 0.1) is 24.8 Å². The van der Waals surface area contributed by atoms with Crippen molar-refractivity contribution in [3.63, 3.8) is 0 Å². The highest BCUT2D eigenvalue weighted by Gasteiger charge is 2.27. The number of carboxylic acids is 1. The highest BCUT2D eigenvalue weighted by Crippen LogP contribution is 2.14. The van der Waals surface area contributed by atoms with E-state index in [0.717, 1.165) is 0 Å². The van der Waals surface area contributed by atoms with E-state index in [-0.39, 0.29) is 24.1 Å². The summed E-state index contributed by atoms with van der Waals surface area (Å²) >= 11 is 0. The van der Waals surface area contributed by atoms with E-state index in [2.05, 4.69) is 0 Å². The van der Waals surface area contributed by atoms with Crippen molar-refractivity contribution < 1.29 is 23.8 Å². The molecule has 1 fully saturated rings. The average Bonchev–Trinajstić information content (AvgIpc) is 2.46. The number of aliphatic carboxylic acids is 1. The number of rotatable bonds is 5. The first kappa shape index (κ1) is 16.4. The molecule has 1 heterocycles. The van der Waals surface area contributed by atoms with Gasteiger partial charge in [-0.1, -0.05) is 12.1 Å². The third-order valence-electron chi connectivity index (χ3n) is 3.45. The summed E-state index contributed by atoms with van der Waals surface area (Å²) in [5.41, 5.74) is 0.0436. The Balaban J connectivity index is 1.97. The van der Waals surface area contributed by atoms with Gasteiger partial charge in [0.15, 0.2) is 0 Å². The summed E-state index contributed by atoms with van der Waals surface area (Å²) in [6, 6.07) is 5.87. The predicted octanol–water partition coefficient (Wildman–Crippen LogP) is 0.683. The summed E-state index contributed by atoms with van der Waals surface area (Å²) < 4.78 is 19.2. The number of hydrogen-bond donors (Lipinski definition) is 1. The van der Waals surface area contributed by atoms with Crippen molar-refractivity contribution in [3.05, 3.63) is 35.6 Å². The Hall–Kier alpha value is -1.99. The van der Waals surface area contributed by atoms with E-state index in [1.165, 1.54) is 18.2 Å². The lowest BCUT2D eigenvalue weighted by Gasteiger charge is -2.34. The fourth-order valence-corrected chi connectivity index (χ4v) is 2.46. The van der Waals surface area contributed by atoms with Crippen molar-refractivity contribution in [2.75, 3.05) is 39.8 Å². The van der Waals surface area contributed by atoms with E-state index in [4.69, 9.17) is 9.84 Å². The van der Waals surface area contributed by atoms with Crippen LogP contribution in [0.5, 0.6) is 0 Å². The Morgan fingerprint density at radius 2 is 2.18 bits per heavy atom. The molecule has 0 spiro atoms. The van der Waals surface area contributed by atoms with Gasteiger partial charge in [0.1, 0.15) is 5.82 Å². The first-order valence-electron chi connectivity index (χ1n) is 7.03. The molecule has 1 atom stereocenters. The zero-order chi connectivity index (χ0) is 16.1. The molecule has 22 heavy (non-hydrogen) atoms. The summed E-state index contributed by atoms with van der Waals surface area (Å²) in [4.78, 5) is 26.2. The van der Waals surface area contributed by atoms with Gasteiger partial charge in [-0.25, -0.2) is 4.39 Å². The monoisotopic (exact) mass is 310 g/mol. The molecule has 0 aliphatic carbocycles. The molecule has 1 aliphatic heterocycles. The van der Waals surface area contributed by atoms with Crippen LogP contribution in [-0.4, -0.2) is 72.7 Å². The number of likely N-dealkylation sites (N-methyl/N-ethyl adjacent to an activating group) is 1. The van der Waals surface area contributed by atoms with Crippen LogP contribution in [0.3, 0.4) is 0 Å². The molecule has 7 heteroatoms. The molecule has 0 aromatic heterocycles. The van der Waals surface area contributed by atoms with Crippen molar-refractivity contribution in [1.29, 1.82) is 0 Å². The number of amides is 1. The maximum absolute atomic E-state index is 13.7. The maximum Gasteiger partial charge on any atom is 0.317 e. The van der Waals surface area contributed by atoms with E-state index in [1.807, 2.05) is 0 Å². The van der Waals surface area contributed by atoms with Crippen LogP contribution in [0.4, 0.5) is 4.39 Å². The lowest BCUT2D eigenvalue weighted by molar-refractivity contribution is -0.138. The molecule has 1 aromatic rings. The number of benzene rings is 1. The van der Waals surface area contributed by atoms with Crippen molar-refractivity contribution in [2.24, 2.45) is 0 Å². The Morgan fingerprint density at radius 3 is 2.86 bits per heavy atom. The van der Waals surface area contributed by atoms with Crippen LogP contribution in [-0.2, 0) is 9.53 Å². The van der Waals surface area contributed by atoms with Gasteiger partial charge in [-0.2, -0.15) is 0 Å². The van der Waals surface area contributed by atoms with Gasteiger partial charge in [0.2, 0.25) is 0 Å². The Bertz CT molecular complexity index is 552. The number of nitrogens with zero attached hydrogens (tertiary/aromatic N) is 2. The summed E-state index contributed by atoms with van der Waals surface area (Å²) in [5, 5.41) is 8.74. The second kappa shape index (κ2) is 7.33. The molecule has 120 valence electrons. The molecule has 2 rings (SSSR count). The summed E-state index contributed by atoms with van der Waals surface area (Å²) in [6.07, 6.45) is -0.283. The molecule has 6 nitrogen and oxygen atoms in total. The fraction of sp³-hybridized carbons (Fsp3) is 0.467. The Morgan fingerprint density at radius 1 is 1.45 bits per heavy atom. The predicted molar refractivity (Wildman–Crippen MR) is 77.2 cm³/mol. The van der Waals surface area contributed by atoms with Gasteiger partial charge in [-0.05, 0) is 19.2 Å². The van der Waals surface area contributed by atoms with Crippen LogP contribution in [0.25, 0.3) is 0 Å². The molecule has 1 unspecified atom stereocenters. The highest BCUT2D eigenvalue weighted by molar-refractivity contribution is 5.94. The van der Waals surface area contributed by atoms with E-state index >= 15 is 0 Å². The zero-order valence-electron chi connectivity index (χ0n) is 12.4. The van der Waals surface area contributed by atoms with Gasteiger partial charge < -0.3 is 14.7 Å². The normalized spacial score (nSPS) is 18.5. The number of carbonyl (C=O) groups excluding carboxylic acids is 1. The number of halogens is 1. The Kier molecular flexibility index (Phi) is 5.46. The minimum atomic E-state index is -0.919. The van der Waals surface area contributed by atoms with Gasteiger partial charge in [0.25, 0.3) is 5.91 Å². The van der Waals surface area contributed by atoms with Gasteiger partial charge in [-0.3, -0.25) is 14.5 Å². The zero-order valence-corrected chi connectivity index (χ0v) is 12.4. The van der Waals surface area contributed by atoms with Crippen LogP contribution in [0.1, 0.15) is 10.4 Å². The molecule has 1 saturated heterocycles. The van der Waals surface area contributed by atoms with Crippen LogP contribution in [0, 0.1) is 5.82 Å². The first-order valence-corrected chi connectivity index (χ1v) is 7.03. The number of morpholine rings is 1. The SMILES string of the molecule is CN(CC(=O)O)CC1CN(C(=O)c2ccccc2F)CCO1. The third kappa shape index (κ3) is 4.25. The summed E-state index contributed by atoms with van der Waals surface area (Å²) in [6.45, 7) is 1.36. The molecule has 0 bridgehead atoms. The van der Waals surface area contributed by atoms with Crippen molar-refractivity contribution >= 4 is 11.9 Å². The molecule has 1 amide bonds. The third-order valence-corrected chi connectivity index (χ3v) is 3.45. The number of carboxylic acid groups (broad SMARTS) is 1. The highest BCUT2D eigenvalue weighted by atomic mass is 19.1. The molecule has 0 saturated carbocycles. The van der Waals surface area contributed by atoms with Crippen molar-refractivity contribution in [2.45, 2.75) is 6.10 Å². The Labute approximate surface area is 128 Å². The maximum atomic E-state index is 13.7. The minimum Gasteiger partial charge on any atom is -0.480 e. The summed E-state index contributed by atoms with van der Waals surface area (Å²) in [5.74, 6) is -1.83. The van der Waals surface area contributed by atoms with E-state index in [9.17, 15) is 14.0 Å². The van der Waals surface area contributed by atoms with Gasteiger partial charge in [-0.15, -0.1) is 0 Å². The van der Waals surface area contributed by atoms with Gasteiger partial charge in [0, 0.05) is 19.6 Å². The van der Waals surface area contributed by atoms with Crippen LogP contribution in [0.2, 0.25) is 0 Å². The van der Waals surface area contributed by atoms with Crippen LogP contribution in [0.15, 0.2) is 24.3 Å². The second-order valence-corrected chi connectivity index (χ2v) is 5.31. The van der Waals surface area contributed by atoms with Crippen molar-refractivity contribution in [3.8, 4) is 0 Å². The van der Waals surface area contributed by atoms with Gasteiger partial charge >= 0.3 is 5.97 Å². The largest absolute Gasteiger partial charge is 0.480 e. The van der Waals surface area contributed by atoms with E-state index < -0.39 is 11.8 Å². The average molecular weight is 310 g/mol. The lowest BCUT2D eigenvalue weighted by atomic mass is 10.1. The molecular formula is C15H19FN2O4. The molecular weight excluding hydrogens is 291 g/mol. The van der Waals surface area contributed by atoms with Crippen LogP contribution < -0.4 is 0 Å². The van der Waals surface area contributed by atoms with E-state index in [0.29, 0.717) is 26.2 Å². The smallest absolute Gasteiger partial charge is 0.317 e. The number of hydrogen-bond acceptors (Lipinski definition) is 4. The molecule has 1 aromatic carbocycles. The number of carbonyl (C=O) groups is 2. The molecule has 1 N–H and O–H groups in total. The standard InChI is InChI=1S/C15H19FN2O4/c1-17(10-14(19)20)8-11-9-18(6-7-22-11)15(21)12-4-2-3-5-13(12)16/h2-5,11H,6-10H2,1H3,(H,19,20). The first-order chi connectivity index (χ1) is 10.5. The lowest BCUT2D eigenvalue weighted by Crippen LogP contribution is -2.49. The molecule has 1 aliphatic rings. The minimum absolute atomic E-state index is 0.0436. The van der Waals surface area contributed by atoms with Crippen molar-refractivity contribution in [1.82, 2.24) is 9.80 Å². The number of ether oxygens (including phenoxy) is 1. The van der Waals surface area contributed by atoms with E-state index in [1.54, 1.807) is 22.9 Å². The summed E-state index contributed by atoms with van der Waals surface area (Å²) in [7, 11) is 1.68. The molecule has 0 radical (unpaired) electrons.